The van der Waals surface area contributed by atoms with E-state index >= 15 is 0 Å². The highest BCUT2D eigenvalue weighted by Crippen LogP contribution is 2.21. The Morgan fingerprint density at radius 3 is 2.71 bits per heavy atom. The number of carbonyl (C=O) groups is 1. The molecule has 1 heterocycles. The number of Topliss-reactive ketones (excluding diaryl/α,β-unsaturated/α-hetero) is 1. The number of nitrogens with zero attached hydrogens (tertiary/aromatic N) is 1. The first-order valence-corrected chi connectivity index (χ1v) is 6.40. The Balaban J connectivity index is 2.25. The summed E-state index contributed by atoms with van der Waals surface area (Å²) in [5.74, 6) is 0.107. The molecule has 3 heteroatoms. The van der Waals surface area contributed by atoms with Crippen molar-refractivity contribution in [1.82, 2.24) is 4.98 Å². The highest BCUT2D eigenvalue weighted by molar-refractivity contribution is 7.13. The van der Waals surface area contributed by atoms with E-state index in [1.165, 1.54) is 22.5 Å². The van der Waals surface area contributed by atoms with Crippen LogP contribution in [0.3, 0.4) is 0 Å². The van der Waals surface area contributed by atoms with Crippen molar-refractivity contribution >= 4 is 17.1 Å². The number of rotatable bonds is 3. The molecule has 1 aromatic carbocycles. The van der Waals surface area contributed by atoms with Gasteiger partial charge in [-0.2, -0.15) is 0 Å². The lowest BCUT2D eigenvalue weighted by molar-refractivity contribution is 0.102. The fourth-order valence-corrected chi connectivity index (χ4v) is 2.85. The van der Waals surface area contributed by atoms with Gasteiger partial charge in [0.15, 0.2) is 5.78 Å². The zero-order valence-electron chi connectivity index (χ0n) is 10.3. The van der Waals surface area contributed by atoms with Gasteiger partial charge in [0.25, 0.3) is 0 Å². The normalized spacial score (nSPS) is 10.5. The van der Waals surface area contributed by atoms with Gasteiger partial charge in [0.2, 0.25) is 0 Å². The Morgan fingerprint density at radius 1 is 1.35 bits per heavy atom. The predicted molar refractivity (Wildman–Crippen MR) is 70.8 cm³/mol. The summed E-state index contributed by atoms with van der Waals surface area (Å²) in [6.07, 6.45) is 0.806. The van der Waals surface area contributed by atoms with Gasteiger partial charge < -0.3 is 0 Å². The van der Waals surface area contributed by atoms with Gasteiger partial charge in [-0.05, 0) is 19.4 Å². The average Bonchev–Trinajstić information content (AvgIpc) is 2.59. The maximum Gasteiger partial charge on any atom is 0.171 e. The van der Waals surface area contributed by atoms with Gasteiger partial charge in [0, 0.05) is 13.3 Å². The standard InChI is InChI=1S/C14H15NOS/c1-9-5-4-6-12(7-9)8-13-15-10(2)14(17-13)11(3)16/h4-7H,8H2,1-3H3. The van der Waals surface area contributed by atoms with Crippen molar-refractivity contribution in [3.8, 4) is 0 Å². The Labute approximate surface area is 105 Å². The number of hydrogen-bond acceptors (Lipinski definition) is 3. The maximum atomic E-state index is 11.4. The molecule has 0 unspecified atom stereocenters. The monoisotopic (exact) mass is 245 g/mol. The van der Waals surface area contributed by atoms with Crippen molar-refractivity contribution in [3.63, 3.8) is 0 Å². The Morgan fingerprint density at radius 2 is 2.12 bits per heavy atom. The van der Waals surface area contributed by atoms with Crippen molar-refractivity contribution in [1.29, 1.82) is 0 Å². The molecule has 2 nitrogen and oxygen atoms in total. The third-order valence-electron chi connectivity index (χ3n) is 2.60. The van der Waals surface area contributed by atoms with Crippen molar-refractivity contribution in [2.45, 2.75) is 27.2 Å². The molecule has 1 aromatic heterocycles. The minimum Gasteiger partial charge on any atom is -0.294 e. The van der Waals surface area contributed by atoms with Crippen LogP contribution < -0.4 is 0 Å². The molecular weight excluding hydrogens is 230 g/mol. The second-order valence-corrected chi connectivity index (χ2v) is 5.33. The summed E-state index contributed by atoms with van der Waals surface area (Å²) < 4.78 is 0. The molecule has 0 spiro atoms. The van der Waals surface area contributed by atoms with Gasteiger partial charge in [-0.15, -0.1) is 11.3 Å². The molecule has 2 rings (SSSR count). The zero-order valence-corrected chi connectivity index (χ0v) is 11.1. The second-order valence-electron chi connectivity index (χ2n) is 4.24. The Bertz CT molecular complexity index is 557. The zero-order chi connectivity index (χ0) is 12.4. The SMILES string of the molecule is CC(=O)c1sc(Cc2cccc(C)c2)nc1C. The number of hydrogen-bond donors (Lipinski definition) is 0. The van der Waals surface area contributed by atoms with E-state index in [2.05, 4.69) is 36.2 Å². The van der Waals surface area contributed by atoms with Crippen molar-refractivity contribution in [2.24, 2.45) is 0 Å². The molecule has 17 heavy (non-hydrogen) atoms. The first-order valence-electron chi connectivity index (χ1n) is 5.59. The maximum absolute atomic E-state index is 11.4. The van der Waals surface area contributed by atoms with E-state index in [9.17, 15) is 4.79 Å². The van der Waals surface area contributed by atoms with E-state index in [-0.39, 0.29) is 5.78 Å². The molecule has 0 fully saturated rings. The van der Waals surface area contributed by atoms with Crippen LogP contribution in [0.5, 0.6) is 0 Å². The van der Waals surface area contributed by atoms with E-state index in [0.717, 1.165) is 22.0 Å². The number of aryl methyl sites for hydroxylation is 2. The molecule has 0 atom stereocenters. The van der Waals surface area contributed by atoms with Crippen molar-refractivity contribution < 1.29 is 4.79 Å². The Kier molecular flexibility index (Phi) is 3.38. The molecule has 0 aliphatic heterocycles. The summed E-state index contributed by atoms with van der Waals surface area (Å²) in [7, 11) is 0. The van der Waals surface area contributed by atoms with Gasteiger partial charge in [-0.25, -0.2) is 4.98 Å². The summed E-state index contributed by atoms with van der Waals surface area (Å²) in [5, 5.41) is 1.01. The van der Waals surface area contributed by atoms with Crippen LogP contribution >= 0.6 is 11.3 Å². The highest BCUT2D eigenvalue weighted by atomic mass is 32.1. The summed E-state index contributed by atoms with van der Waals surface area (Å²) in [4.78, 5) is 16.6. The Hall–Kier alpha value is -1.48. The lowest BCUT2D eigenvalue weighted by atomic mass is 10.1. The van der Waals surface area contributed by atoms with Crippen LogP contribution in [-0.4, -0.2) is 10.8 Å². The third-order valence-corrected chi connectivity index (χ3v) is 3.86. The molecule has 2 aromatic rings. The number of aromatic nitrogens is 1. The van der Waals surface area contributed by atoms with Gasteiger partial charge in [-0.3, -0.25) is 4.79 Å². The summed E-state index contributed by atoms with van der Waals surface area (Å²) in [6.45, 7) is 5.57. The van der Waals surface area contributed by atoms with Gasteiger partial charge >= 0.3 is 0 Å². The largest absolute Gasteiger partial charge is 0.294 e. The highest BCUT2D eigenvalue weighted by Gasteiger charge is 2.11. The topological polar surface area (TPSA) is 30.0 Å². The number of carbonyl (C=O) groups excluding carboxylic acids is 1. The number of ketones is 1. The van der Waals surface area contributed by atoms with Crippen LogP contribution in [0.2, 0.25) is 0 Å². The fourth-order valence-electron chi connectivity index (χ4n) is 1.85. The number of benzene rings is 1. The van der Waals surface area contributed by atoms with Crippen LogP contribution in [0.1, 0.15) is 38.4 Å². The molecule has 0 saturated heterocycles. The minimum absolute atomic E-state index is 0.107. The molecule has 0 N–H and O–H groups in total. The fraction of sp³-hybridized carbons (Fsp3) is 0.286. The molecule has 0 aliphatic carbocycles. The summed E-state index contributed by atoms with van der Waals surface area (Å²) in [5.41, 5.74) is 3.35. The van der Waals surface area contributed by atoms with Crippen LogP contribution in [0.15, 0.2) is 24.3 Å². The van der Waals surface area contributed by atoms with Gasteiger partial charge in [0.1, 0.15) is 0 Å². The molecule has 88 valence electrons. The van der Waals surface area contributed by atoms with E-state index < -0.39 is 0 Å². The minimum atomic E-state index is 0.107. The van der Waals surface area contributed by atoms with Crippen LogP contribution in [0, 0.1) is 13.8 Å². The molecule has 0 aliphatic rings. The van der Waals surface area contributed by atoms with E-state index in [0.29, 0.717) is 0 Å². The van der Waals surface area contributed by atoms with Crippen molar-refractivity contribution in [2.75, 3.05) is 0 Å². The summed E-state index contributed by atoms with van der Waals surface area (Å²) in [6, 6.07) is 8.38. The molecule has 0 bridgehead atoms. The lowest BCUT2D eigenvalue weighted by Gasteiger charge is -1.99. The van der Waals surface area contributed by atoms with E-state index in [1.54, 1.807) is 6.92 Å². The van der Waals surface area contributed by atoms with Gasteiger partial charge in [-0.1, -0.05) is 29.8 Å². The summed E-state index contributed by atoms with van der Waals surface area (Å²) >= 11 is 1.51. The van der Waals surface area contributed by atoms with E-state index in [4.69, 9.17) is 0 Å². The second kappa shape index (κ2) is 4.80. The lowest BCUT2D eigenvalue weighted by Crippen LogP contribution is -1.89. The van der Waals surface area contributed by atoms with Crippen LogP contribution in [-0.2, 0) is 6.42 Å². The molecular formula is C14H15NOS. The van der Waals surface area contributed by atoms with Crippen molar-refractivity contribution in [3.05, 3.63) is 51.0 Å². The quantitative estimate of drug-likeness (QED) is 0.774. The van der Waals surface area contributed by atoms with Crippen LogP contribution in [0.4, 0.5) is 0 Å². The van der Waals surface area contributed by atoms with E-state index in [1.807, 2.05) is 6.92 Å². The first-order chi connectivity index (χ1) is 8.06. The number of thiazole rings is 1. The average molecular weight is 245 g/mol. The third kappa shape index (κ3) is 2.80. The van der Waals surface area contributed by atoms with Crippen LogP contribution in [0.25, 0.3) is 0 Å². The molecule has 0 saturated carbocycles. The first kappa shape index (κ1) is 12.0. The smallest absolute Gasteiger partial charge is 0.171 e. The predicted octanol–water partition coefficient (Wildman–Crippen LogP) is 3.55. The van der Waals surface area contributed by atoms with Gasteiger partial charge in [0.05, 0.1) is 15.6 Å². The molecule has 0 radical (unpaired) electrons. The molecule has 0 amide bonds.